The molecule has 1 amide bonds. The van der Waals surface area contributed by atoms with Gasteiger partial charge in [-0.25, -0.2) is 8.42 Å². The molecule has 0 aromatic heterocycles. The Morgan fingerprint density at radius 3 is 2.30 bits per heavy atom. The van der Waals surface area contributed by atoms with Crippen molar-refractivity contribution in [2.45, 2.75) is 4.90 Å². The predicted octanol–water partition coefficient (Wildman–Crippen LogP) is 4.60. The minimum atomic E-state index is -3.75. The Morgan fingerprint density at radius 1 is 0.900 bits per heavy atom. The molecule has 0 aliphatic rings. The molecule has 0 atom stereocenters. The molecule has 0 aliphatic carbocycles. The molecule has 0 aliphatic heterocycles. The molecular formula is C21H18Cl2N2O4S. The Hall–Kier alpha value is -2.74. The van der Waals surface area contributed by atoms with Crippen LogP contribution in [-0.2, 0) is 10.0 Å². The van der Waals surface area contributed by atoms with Gasteiger partial charge in [-0.2, -0.15) is 0 Å². The highest BCUT2D eigenvalue weighted by Crippen LogP contribution is 2.24. The summed E-state index contributed by atoms with van der Waals surface area (Å²) in [4.78, 5) is 12.5. The number of hydrogen-bond acceptors (Lipinski definition) is 4. The SMILES string of the molecule is O=C(NCCOc1ccccc1Cl)c1ccc(NS(=O)(=O)c2ccccc2)cc1Cl. The van der Waals surface area contributed by atoms with Crippen LogP contribution >= 0.6 is 23.2 Å². The van der Waals surface area contributed by atoms with Crippen molar-refractivity contribution in [2.75, 3.05) is 17.9 Å². The number of para-hydroxylation sites is 1. The van der Waals surface area contributed by atoms with Crippen LogP contribution in [0.4, 0.5) is 5.69 Å². The average Bonchev–Trinajstić information content (AvgIpc) is 2.72. The first-order valence-corrected chi connectivity index (χ1v) is 11.1. The third-order valence-electron chi connectivity index (χ3n) is 4.00. The fraction of sp³-hybridized carbons (Fsp3) is 0.0952. The van der Waals surface area contributed by atoms with Crippen LogP contribution in [0.3, 0.4) is 0 Å². The Labute approximate surface area is 184 Å². The second-order valence-corrected chi connectivity index (χ2v) is 8.64. The monoisotopic (exact) mass is 464 g/mol. The van der Waals surface area contributed by atoms with Crippen LogP contribution in [0.15, 0.2) is 77.7 Å². The number of halogens is 2. The minimum Gasteiger partial charge on any atom is -0.490 e. The van der Waals surface area contributed by atoms with Crippen molar-refractivity contribution in [2.24, 2.45) is 0 Å². The van der Waals surface area contributed by atoms with Gasteiger partial charge in [0.1, 0.15) is 12.4 Å². The number of sulfonamides is 1. The van der Waals surface area contributed by atoms with Gasteiger partial charge in [-0.3, -0.25) is 9.52 Å². The zero-order valence-corrected chi connectivity index (χ0v) is 18.0. The summed E-state index contributed by atoms with van der Waals surface area (Å²) in [6, 6.07) is 19.3. The molecule has 0 saturated carbocycles. The van der Waals surface area contributed by atoms with E-state index in [1.165, 1.54) is 30.3 Å². The molecule has 0 radical (unpaired) electrons. The lowest BCUT2D eigenvalue weighted by Crippen LogP contribution is -2.28. The first-order valence-electron chi connectivity index (χ1n) is 8.90. The zero-order valence-electron chi connectivity index (χ0n) is 15.6. The van der Waals surface area contributed by atoms with E-state index in [4.69, 9.17) is 27.9 Å². The predicted molar refractivity (Wildman–Crippen MR) is 118 cm³/mol. The van der Waals surface area contributed by atoms with E-state index >= 15 is 0 Å². The molecule has 2 N–H and O–H groups in total. The molecule has 30 heavy (non-hydrogen) atoms. The van der Waals surface area contributed by atoms with Crippen LogP contribution in [0.1, 0.15) is 10.4 Å². The van der Waals surface area contributed by atoms with Gasteiger partial charge in [0.25, 0.3) is 15.9 Å². The summed E-state index contributed by atoms with van der Waals surface area (Å²) in [5, 5.41) is 3.30. The van der Waals surface area contributed by atoms with Crippen LogP contribution < -0.4 is 14.8 Å². The van der Waals surface area contributed by atoms with E-state index in [1.807, 2.05) is 0 Å². The second-order valence-electron chi connectivity index (χ2n) is 6.15. The fourth-order valence-electron chi connectivity index (χ4n) is 2.56. The highest BCUT2D eigenvalue weighted by atomic mass is 35.5. The lowest BCUT2D eigenvalue weighted by atomic mass is 10.2. The van der Waals surface area contributed by atoms with Gasteiger partial charge in [0.05, 0.1) is 32.7 Å². The van der Waals surface area contributed by atoms with Crippen LogP contribution in [0.25, 0.3) is 0 Å². The van der Waals surface area contributed by atoms with Gasteiger partial charge in [-0.1, -0.05) is 53.5 Å². The number of rotatable bonds is 8. The lowest BCUT2D eigenvalue weighted by Gasteiger charge is -2.11. The summed E-state index contributed by atoms with van der Waals surface area (Å²) >= 11 is 12.2. The molecule has 0 unspecified atom stereocenters. The molecule has 0 spiro atoms. The molecule has 6 nitrogen and oxygen atoms in total. The van der Waals surface area contributed by atoms with E-state index in [0.29, 0.717) is 10.8 Å². The molecule has 3 aromatic rings. The number of ether oxygens (including phenoxy) is 1. The first kappa shape index (κ1) is 22.0. The van der Waals surface area contributed by atoms with E-state index in [1.54, 1.807) is 42.5 Å². The van der Waals surface area contributed by atoms with Gasteiger partial charge in [0, 0.05) is 0 Å². The first-order chi connectivity index (χ1) is 14.4. The summed E-state index contributed by atoms with van der Waals surface area (Å²) in [6.45, 7) is 0.463. The molecule has 0 heterocycles. The second kappa shape index (κ2) is 9.84. The van der Waals surface area contributed by atoms with Gasteiger partial charge in [0.2, 0.25) is 0 Å². The van der Waals surface area contributed by atoms with E-state index in [9.17, 15) is 13.2 Å². The third-order valence-corrected chi connectivity index (χ3v) is 6.02. The van der Waals surface area contributed by atoms with E-state index in [0.717, 1.165) is 0 Å². The lowest BCUT2D eigenvalue weighted by molar-refractivity contribution is 0.0947. The number of carbonyl (C=O) groups is 1. The zero-order chi connectivity index (χ0) is 21.6. The smallest absolute Gasteiger partial charge is 0.261 e. The number of anilines is 1. The third kappa shape index (κ3) is 5.66. The van der Waals surface area contributed by atoms with Crippen LogP contribution in [0.5, 0.6) is 5.75 Å². The van der Waals surface area contributed by atoms with E-state index in [2.05, 4.69) is 10.0 Å². The van der Waals surface area contributed by atoms with E-state index in [-0.39, 0.29) is 34.3 Å². The van der Waals surface area contributed by atoms with Gasteiger partial charge in [-0.05, 0) is 42.5 Å². The van der Waals surface area contributed by atoms with Crippen LogP contribution in [0, 0.1) is 0 Å². The Bertz CT molecular complexity index is 1140. The maximum Gasteiger partial charge on any atom is 0.261 e. The van der Waals surface area contributed by atoms with Crippen molar-refractivity contribution in [3.8, 4) is 5.75 Å². The summed E-state index contributed by atoms with van der Waals surface area (Å²) in [5.41, 5.74) is 0.472. The standard InChI is InChI=1S/C21H18Cl2N2O4S/c22-18-8-4-5-9-20(18)29-13-12-24-21(26)17-11-10-15(14-19(17)23)25-30(27,28)16-6-2-1-3-7-16/h1-11,14,25H,12-13H2,(H,24,26). The quantitative estimate of drug-likeness (QED) is 0.476. The number of carbonyl (C=O) groups excluding carboxylic acids is 1. The molecule has 9 heteroatoms. The number of hydrogen-bond donors (Lipinski definition) is 2. The highest BCUT2D eigenvalue weighted by molar-refractivity contribution is 7.92. The van der Waals surface area contributed by atoms with Gasteiger partial charge < -0.3 is 10.1 Å². The maximum absolute atomic E-state index is 12.4. The Kier molecular flexibility index (Phi) is 7.20. The molecule has 0 bridgehead atoms. The van der Waals surface area contributed by atoms with Gasteiger partial charge in [-0.15, -0.1) is 0 Å². The molecule has 0 fully saturated rings. The highest BCUT2D eigenvalue weighted by Gasteiger charge is 2.16. The van der Waals surface area contributed by atoms with E-state index < -0.39 is 15.9 Å². The van der Waals surface area contributed by atoms with Gasteiger partial charge in [0.15, 0.2) is 0 Å². The van der Waals surface area contributed by atoms with Crippen molar-refractivity contribution in [3.05, 3.63) is 88.4 Å². The summed E-state index contributed by atoms with van der Waals surface area (Å²) < 4.78 is 32.7. The Balaban J connectivity index is 1.58. The van der Waals surface area contributed by atoms with Crippen LogP contribution in [0.2, 0.25) is 10.0 Å². The number of benzene rings is 3. The molecule has 0 saturated heterocycles. The minimum absolute atomic E-state index is 0.118. The number of amides is 1. The molecule has 3 aromatic carbocycles. The normalized spacial score (nSPS) is 11.0. The Morgan fingerprint density at radius 2 is 1.60 bits per heavy atom. The largest absolute Gasteiger partial charge is 0.490 e. The summed E-state index contributed by atoms with van der Waals surface area (Å²) in [6.07, 6.45) is 0. The fourth-order valence-corrected chi connectivity index (χ4v) is 4.09. The summed E-state index contributed by atoms with van der Waals surface area (Å²) in [5.74, 6) is 0.127. The van der Waals surface area contributed by atoms with Crippen molar-refractivity contribution in [1.82, 2.24) is 5.32 Å². The average molecular weight is 465 g/mol. The summed E-state index contributed by atoms with van der Waals surface area (Å²) in [7, 11) is -3.75. The van der Waals surface area contributed by atoms with Crippen molar-refractivity contribution < 1.29 is 17.9 Å². The topological polar surface area (TPSA) is 84.5 Å². The molecule has 3 rings (SSSR count). The van der Waals surface area contributed by atoms with Crippen LogP contribution in [-0.4, -0.2) is 27.5 Å². The number of nitrogens with one attached hydrogen (secondary N) is 2. The van der Waals surface area contributed by atoms with Crippen molar-refractivity contribution >= 4 is 44.8 Å². The molecular weight excluding hydrogens is 447 g/mol. The van der Waals surface area contributed by atoms with Crippen molar-refractivity contribution in [3.63, 3.8) is 0 Å². The maximum atomic E-state index is 12.4. The van der Waals surface area contributed by atoms with Crippen molar-refractivity contribution in [1.29, 1.82) is 0 Å². The van der Waals surface area contributed by atoms with Gasteiger partial charge >= 0.3 is 0 Å². The molecule has 156 valence electrons.